The van der Waals surface area contributed by atoms with Gasteiger partial charge < -0.3 is 5.11 Å². The molecular formula is C7H6BrF2NO. The Balaban J connectivity index is 3.20. The Morgan fingerprint density at radius 2 is 2.25 bits per heavy atom. The number of nitrogens with zero attached hydrogens (tertiary/aromatic N) is 1. The molecule has 0 spiro atoms. The SMILES string of the molecule is OCc1ccnc(Br)c1C(F)F. The molecule has 66 valence electrons. The second kappa shape index (κ2) is 3.91. The molecule has 5 heteroatoms. The lowest BCUT2D eigenvalue weighted by atomic mass is 10.1. The maximum absolute atomic E-state index is 12.3. The van der Waals surface area contributed by atoms with Crippen molar-refractivity contribution in [3.63, 3.8) is 0 Å². The highest BCUT2D eigenvalue weighted by atomic mass is 79.9. The molecule has 0 aliphatic heterocycles. The van der Waals surface area contributed by atoms with Crippen molar-refractivity contribution in [2.45, 2.75) is 13.0 Å². The lowest BCUT2D eigenvalue weighted by molar-refractivity contribution is 0.145. The first-order valence-corrected chi connectivity index (χ1v) is 3.98. The van der Waals surface area contributed by atoms with Crippen LogP contribution in [0, 0.1) is 0 Å². The predicted octanol–water partition coefficient (Wildman–Crippen LogP) is 2.27. The molecule has 1 heterocycles. The van der Waals surface area contributed by atoms with Gasteiger partial charge in [-0.15, -0.1) is 0 Å². The maximum Gasteiger partial charge on any atom is 0.266 e. The first-order valence-electron chi connectivity index (χ1n) is 3.19. The zero-order chi connectivity index (χ0) is 9.14. The molecule has 0 bridgehead atoms. The molecule has 0 amide bonds. The van der Waals surface area contributed by atoms with Crippen molar-refractivity contribution in [3.8, 4) is 0 Å². The van der Waals surface area contributed by atoms with E-state index in [2.05, 4.69) is 20.9 Å². The van der Waals surface area contributed by atoms with E-state index in [1.165, 1.54) is 12.3 Å². The third-order valence-electron chi connectivity index (χ3n) is 1.42. The molecule has 1 rings (SSSR count). The van der Waals surface area contributed by atoms with E-state index in [4.69, 9.17) is 5.11 Å². The molecule has 0 atom stereocenters. The van der Waals surface area contributed by atoms with Gasteiger partial charge in [-0.2, -0.15) is 0 Å². The lowest BCUT2D eigenvalue weighted by Crippen LogP contribution is -1.97. The molecule has 1 N–H and O–H groups in total. The average Bonchev–Trinajstić information content (AvgIpc) is 2.03. The maximum atomic E-state index is 12.3. The molecule has 0 radical (unpaired) electrons. The van der Waals surface area contributed by atoms with E-state index in [9.17, 15) is 8.78 Å². The fraction of sp³-hybridized carbons (Fsp3) is 0.286. The van der Waals surface area contributed by atoms with Gasteiger partial charge in [0.2, 0.25) is 0 Å². The molecular weight excluding hydrogens is 232 g/mol. The molecule has 12 heavy (non-hydrogen) atoms. The number of aromatic nitrogens is 1. The second-order valence-electron chi connectivity index (χ2n) is 2.13. The Morgan fingerprint density at radius 3 is 2.67 bits per heavy atom. The number of halogens is 3. The van der Waals surface area contributed by atoms with Crippen LogP contribution in [-0.4, -0.2) is 10.1 Å². The van der Waals surface area contributed by atoms with Gasteiger partial charge in [-0.25, -0.2) is 13.8 Å². The van der Waals surface area contributed by atoms with Crippen molar-refractivity contribution in [1.82, 2.24) is 4.98 Å². The molecule has 1 aromatic heterocycles. The van der Waals surface area contributed by atoms with E-state index in [0.29, 0.717) is 0 Å². The highest BCUT2D eigenvalue weighted by Gasteiger charge is 2.16. The normalized spacial score (nSPS) is 10.8. The Kier molecular flexibility index (Phi) is 3.11. The van der Waals surface area contributed by atoms with Crippen LogP contribution < -0.4 is 0 Å². The van der Waals surface area contributed by atoms with Gasteiger partial charge in [0.25, 0.3) is 6.43 Å². The molecule has 0 saturated heterocycles. The number of hydrogen-bond acceptors (Lipinski definition) is 2. The molecule has 0 unspecified atom stereocenters. The number of hydrogen-bond donors (Lipinski definition) is 1. The van der Waals surface area contributed by atoms with Crippen LogP contribution in [0.5, 0.6) is 0 Å². The highest BCUT2D eigenvalue weighted by molar-refractivity contribution is 9.10. The summed E-state index contributed by atoms with van der Waals surface area (Å²) in [6.07, 6.45) is -1.25. The minimum atomic E-state index is -2.62. The van der Waals surface area contributed by atoms with Gasteiger partial charge in [-0.05, 0) is 27.6 Å². The lowest BCUT2D eigenvalue weighted by Gasteiger charge is -2.06. The summed E-state index contributed by atoms with van der Waals surface area (Å²) in [7, 11) is 0. The molecule has 0 aliphatic carbocycles. The Morgan fingerprint density at radius 1 is 1.58 bits per heavy atom. The number of pyridine rings is 1. The minimum Gasteiger partial charge on any atom is -0.392 e. The van der Waals surface area contributed by atoms with Crippen LogP contribution in [-0.2, 0) is 6.61 Å². The summed E-state index contributed by atoms with van der Waals surface area (Å²) in [4.78, 5) is 3.63. The Bertz CT molecular complexity index is 280. The monoisotopic (exact) mass is 237 g/mol. The van der Waals surface area contributed by atoms with Crippen molar-refractivity contribution < 1.29 is 13.9 Å². The van der Waals surface area contributed by atoms with Crippen LogP contribution in [0.25, 0.3) is 0 Å². The number of rotatable bonds is 2. The largest absolute Gasteiger partial charge is 0.392 e. The third-order valence-corrected chi connectivity index (χ3v) is 2.05. The number of alkyl halides is 2. The van der Waals surface area contributed by atoms with Crippen molar-refractivity contribution in [2.75, 3.05) is 0 Å². The van der Waals surface area contributed by atoms with Gasteiger partial charge in [0.05, 0.1) is 12.2 Å². The van der Waals surface area contributed by atoms with Crippen LogP contribution in [0.2, 0.25) is 0 Å². The Hall–Kier alpha value is -0.550. The number of aliphatic hydroxyl groups is 1. The zero-order valence-corrected chi connectivity index (χ0v) is 7.55. The fourth-order valence-electron chi connectivity index (χ4n) is 0.853. The van der Waals surface area contributed by atoms with Crippen molar-refractivity contribution in [2.24, 2.45) is 0 Å². The number of aliphatic hydroxyl groups excluding tert-OH is 1. The van der Waals surface area contributed by atoms with Gasteiger partial charge in [0, 0.05) is 6.20 Å². The van der Waals surface area contributed by atoms with Crippen molar-refractivity contribution in [3.05, 3.63) is 28.0 Å². The summed E-state index contributed by atoms with van der Waals surface area (Å²) >= 11 is 2.89. The average molecular weight is 238 g/mol. The molecule has 0 aromatic carbocycles. The quantitative estimate of drug-likeness (QED) is 0.801. The first-order chi connectivity index (χ1) is 5.66. The van der Waals surface area contributed by atoms with E-state index in [1.807, 2.05) is 0 Å². The zero-order valence-electron chi connectivity index (χ0n) is 5.97. The summed E-state index contributed by atoms with van der Waals surface area (Å²) in [5, 5.41) is 8.71. The summed E-state index contributed by atoms with van der Waals surface area (Å²) in [5.74, 6) is 0. The van der Waals surface area contributed by atoms with Crippen LogP contribution in [0.3, 0.4) is 0 Å². The summed E-state index contributed by atoms with van der Waals surface area (Å²) in [5.41, 5.74) is -0.0353. The van der Waals surface area contributed by atoms with Gasteiger partial charge >= 0.3 is 0 Å². The van der Waals surface area contributed by atoms with E-state index >= 15 is 0 Å². The van der Waals surface area contributed by atoms with Crippen molar-refractivity contribution >= 4 is 15.9 Å². The minimum absolute atomic E-state index is 0.0871. The predicted molar refractivity (Wildman–Crippen MR) is 42.8 cm³/mol. The fourth-order valence-corrected chi connectivity index (χ4v) is 1.40. The first kappa shape index (κ1) is 9.54. The summed E-state index contributed by atoms with van der Waals surface area (Å²) < 4.78 is 24.7. The standard InChI is InChI=1S/C7H6BrF2NO/c8-6-5(7(9)10)4(3-12)1-2-11-6/h1-2,7,12H,3H2. The van der Waals surface area contributed by atoms with Crippen molar-refractivity contribution in [1.29, 1.82) is 0 Å². The van der Waals surface area contributed by atoms with Crippen LogP contribution in [0.15, 0.2) is 16.9 Å². The molecule has 2 nitrogen and oxygen atoms in total. The third kappa shape index (κ3) is 1.78. The van der Waals surface area contributed by atoms with Crippen LogP contribution in [0.1, 0.15) is 17.6 Å². The molecule has 0 aliphatic rings. The van der Waals surface area contributed by atoms with Crippen LogP contribution >= 0.6 is 15.9 Å². The molecule has 1 aromatic rings. The summed E-state index contributed by atoms with van der Waals surface area (Å²) in [6, 6.07) is 1.37. The van der Waals surface area contributed by atoms with E-state index < -0.39 is 13.0 Å². The van der Waals surface area contributed by atoms with Gasteiger partial charge in [-0.1, -0.05) is 0 Å². The van der Waals surface area contributed by atoms with Gasteiger partial charge in [0.1, 0.15) is 4.60 Å². The van der Waals surface area contributed by atoms with Crippen LogP contribution in [0.4, 0.5) is 8.78 Å². The van der Waals surface area contributed by atoms with E-state index in [-0.39, 0.29) is 15.7 Å². The van der Waals surface area contributed by atoms with Gasteiger partial charge in [-0.3, -0.25) is 0 Å². The second-order valence-corrected chi connectivity index (χ2v) is 2.88. The van der Waals surface area contributed by atoms with E-state index in [0.717, 1.165) is 0 Å². The Labute approximate surface area is 76.4 Å². The van der Waals surface area contributed by atoms with E-state index in [1.54, 1.807) is 0 Å². The smallest absolute Gasteiger partial charge is 0.266 e. The molecule has 0 fully saturated rings. The molecule has 0 saturated carbocycles. The van der Waals surface area contributed by atoms with Gasteiger partial charge in [0.15, 0.2) is 0 Å². The summed E-state index contributed by atoms with van der Waals surface area (Å²) in [6.45, 7) is -0.402. The highest BCUT2D eigenvalue weighted by Crippen LogP contribution is 2.28. The topological polar surface area (TPSA) is 33.1 Å².